The quantitative estimate of drug-likeness (QED) is 0.547. The van der Waals surface area contributed by atoms with Gasteiger partial charge in [0.1, 0.15) is 5.75 Å². The number of benzene rings is 2. The Morgan fingerprint density at radius 1 is 1.19 bits per heavy atom. The molecule has 0 saturated heterocycles. The molecule has 1 heterocycles. The normalized spacial score (nSPS) is 10.4. The van der Waals surface area contributed by atoms with Gasteiger partial charge in [-0.1, -0.05) is 29.4 Å². The van der Waals surface area contributed by atoms with E-state index in [2.05, 4.69) is 20.8 Å². The summed E-state index contributed by atoms with van der Waals surface area (Å²) in [7, 11) is 1.62. The molecule has 0 radical (unpaired) electrons. The van der Waals surface area contributed by atoms with Crippen molar-refractivity contribution in [2.45, 2.75) is 11.8 Å². The first-order valence-electron chi connectivity index (χ1n) is 8.01. The van der Waals surface area contributed by atoms with Crippen LogP contribution in [0.1, 0.15) is 5.89 Å². The summed E-state index contributed by atoms with van der Waals surface area (Å²) in [4.78, 5) is 12.0. The minimum atomic E-state index is -0.182. The fourth-order valence-corrected chi connectivity index (χ4v) is 2.92. The number of amides is 1. The van der Waals surface area contributed by atoms with Gasteiger partial charge < -0.3 is 19.8 Å². The van der Waals surface area contributed by atoms with Crippen molar-refractivity contribution >= 4 is 40.6 Å². The van der Waals surface area contributed by atoms with Crippen molar-refractivity contribution in [2.24, 2.45) is 0 Å². The first-order valence-corrected chi connectivity index (χ1v) is 9.37. The lowest BCUT2D eigenvalue weighted by molar-refractivity contribution is -0.113. The van der Waals surface area contributed by atoms with Gasteiger partial charge in [0, 0.05) is 16.4 Å². The second-order valence-corrected chi connectivity index (χ2v) is 6.75. The second kappa shape index (κ2) is 9.29. The number of rotatable bonds is 8. The SMILES string of the molecule is COc1ccc(NCc2nnc(SCC(=O)Nc3cccc(Cl)c3)o2)cc1. The molecule has 2 N–H and O–H groups in total. The summed E-state index contributed by atoms with van der Waals surface area (Å²) in [6.45, 7) is 0.384. The monoisotopic (exact) mass is 404 g/mol. The van der Waals surface area contributed by atoms with Gasteiger partial charge >= 0.3 is 0 Å². The first kappa shape index (κ1) is 19.1. The van der Waals surface area contributed by atoms with E-state index in [0.717, 1.165) is 11.4 Å². The van der Waals surface area contributed by atoms with Gasteiger partial charge in [0.15, 0.2) is 0 Å². The van der Waals surface area contributed by atoms with E-state index < -0.39 is 0 Å². The highest BCUT2D eigenvalue weighted by atomic mass is 35.5. The highest BCUT2D eigenvalue weighted by Gasteiger charge is 2.10. The van der Waals surface area contributed by atoms with Crippen LogP contribution in [0.2, 0.25) is 5.02 Å². The van der Waals surface area contributed by atoms with Gasteiger partial charge in [-0.2, -0.15) is 0 Å². The zero-order valence-corrected chi connectivity index (χ0v) is 16.0. The third-order valence-corrected chi connectivity index (χ3v) is 4.47. The number of carbonyl (C=O) groups excluding carboxylic acids is 1. The van der Waals surface area contributed by atoms with Crippen LogP contribution in [0, 0.1) is 0 Å². The zero-order valence-electron chi connectivity index (χ0n) is 14.4. The number of anilines is 2. The third kappa shape index (κ3) is 5.90. The number of hydrogen-bond acceptors (Lipinski definition) is 7. The molecule has 0 saturated carbocycles. The maximum Gasteiger partial charge on any atom is 0.277 e. The summed E-state index contributed by atoms with van der Waals surface area (Å²) in [5, 5.41) is 14.7. The van der Waals surface area contributed by atoms with Crippen molar-refractivity contribution in [1.29, 1.82) is 0 Å². The largest absolute Gasteiger partial charge is 0.497 e. The van der Waals surface area contributed by atoms with E-state index in [4.69, 9.17) is 20.8 Å². The lowest BCUT2D eigenvalue weighted by Crippen LogP contribution is -2.13. The minimum Gasteiger partial charge on any atom is -0.497 e. The Balaban J connectivity index is 1.45. The molecule has 0 aliphatic heterocycles. The van der Waals surface area contributed by atoms with E-state index in [-0.39, 0.29) is 11.7 Å². The molecule has 1 amide bonds. The molecule has 0 atom stereocenters. The van der Waals surface area contributed by atoms with Crippen LogP contribution >= 0.6 is 23.4 Å². The van der Waals surface area contributed by atoms with Crippen LogP contribution in [0.4, 0.5) is 11.4 Å². The fraction of sp³-hybridized carbons (Fsp3) is 0.167. The average molecular weight is 405 g/mol. The molecule has 3 rings (SSSR count). The lowest BCUT2D eigenvalue weighted by Gasteiger charge is -2.04. The molecule has 0 unspecified atom stereocenters. The number of thioether (sulfide) groups is 1. The van der Waals surface area contributed by atoms with Gasteiger partial charge in [-0.05, 0) is 42.5 Å². The average Bonchev–Trinajstić information content (AvgIpc) is 3.13. The van der Waals surface area contributed by atoms with Crippen molar-refractivity contribution in [3.8, 4) is 5.75 Å². The number of hydrogen-bond donors (Lipinski definition) is 2. The number of halogens is 1. The summed E-state index contributed by atoms with van der Waals surface area (Å²) in [5.74, 6) is 1.19. The van der Waals surface area contributed by atoms with Gasteiger partial charge in [-0.3, -0.25) is 4.79 Å². The molecular formula is C18H17ClN4O3S. The molecule has 7 nitrogen and oxygen atoms in total. The molecule has 0 fully saturated rings. The number of nitrogens with one attached hydrogen (secondary N) is 2. The highest BCUT2D eigenvalue weighted by molar-refractivity contribution is 7.99. The number of nitrogens with zero attached hydrogens (tertiary/aromatic N) is 2. The van der Waals surface area contributed by atoms with Crippen molar-refractivity contribution < 1.29 is 13.9 Å². The van der Waals surface area contributed by atoms with Crippen LogP contribution in [0.15, 0.2) is 58.2 Å². The molecule has 1 aromatic heterocycles. The van der Waals surface area contributed by atoms with Gasteiger partial charge in [0.25, 0.3) is 5.22 Å². The van der Waals surface area contributed by atoms with Crippen LogP contribution in [0.3, 0.4) is 0 Å². The summed E-state index contributed by atoms with van der Waals surface area (Å²) in [5.41, 5.74) is 1.55. The van der Waals surface area contributed by atoms with E-state index >= 15 is 0 Å². The van der Waals surface area contributed by atoms with E-state index in [1.807, 2.05) is 24.3 Å². The highest BCUT2D eigenvalue weighted by Crippen LogP contribution is 2.19. The number of methoxy groups -OCH3 is 1. The van der Waals surface area contributed by atoms with Crippen LogP contribution in [0.25, 0.3) is 0 Å². The predicted molar refractivity (Wildman–Crippen MR) is 105 cm³/mol. The third-order valence-electron chi connectivity index (χ3n) is 3.42. The predicted octanol–water partition coefficient (Wildman–Crippen LogP) is 4.07. The molecule has 0 aliphatic rings. The van der Waals surface area contributed by atoms with E-state index in [0.29, 0.717) is 28.4 Å². The van der Waals surface area contributed by atoms with Crippen molar-refractivity contribution in [1.82, 2.24) is 10.2 Å². The molecular weight excluding hydrogens is 388 g/mol. The topological polar surface area (TPSA) is 89.3 Å². The molecule has 2 aromatic carbocycles. The number of carbonyl (C=O) groups is 1. The summed E-state index contributed by atoms with van der Waals surface area (Å²) < 4.78 is 10.6. The first-order chi connectivity index (χ1) is 13.1. The summed E-state index contributed by atoms with van der Waals surface area (Å²) >= 11 is 7.06. The number of aromatic nitrogens is 2. The lowest BCUT2D eigenvalue weighted by atomic mass is 10.3. The molecule has 0 spiro atoms. The molecule has 3 aromatic rings. The van der Waals surface area contributed by atoms with Gasteiger partial charge in [0.2, 0.25) is 11.8 Å². The fourth-order valence-electron chi connectivity index (χ4n) is 2.15. The van der Waals surface area contributed by atoms with Crippen LogP contribution < -0.4 is 15.4 Å². The van der Waals surface area contributed by atoms with Crippen molar-refractivity contribution in [3.05, 3.63) is 59.4 Å². The smallest absolute Gasteiger partial charge is 0.277 e. The maximum atomic E-state index is 12.0. The summed E-state index contributed by atoms with van der Waals surface area (Å²) in [6, 6.07) is 14.5. The van der Waals surface area contributed by atoms with Crippen LogP contribution in [-0.2, 0) is 11.3 Å². The Hall–Kier alpha value is -2.71. The molecule has 140 valence electrons. The van der Waals surface area contributed by atoms with E-state index in [1.54, 1.807) is 31.4 Å². The zero-order chi connectivity index (χ0) is 19.1. The Morgan fingerprint density at radius 3 is 2.74 bits per heavy atom. The molecule has 27 heavy (non-hydrogen) atoms. The number of ether oxygens (including phenoxy) is 1. The van der Waals surface area contributed by atoms with E-state index in [9.17, 15) is 4.79 Å². The van der Waals surface area contributed by atoms with Crippen LogP contribution in [-0.4, -0.2) is 29.0 Å². The molecule has 0 aliphatic carbocycles. The Morgan fingerprint density at radius 2 is 2.00 bits per heavy atom. The Labute approximate surface area is 165 Å². The standard InChI is InChI=1S/C18H17ClN4O3S/c1-25-15-7-5-13(6-8-15)20-10-17-22-23-18(26-17)27-11-16(24)21-14-4-2-3-12(19)9-14/h2-9,20H,10-11H2,1H3,(H,21,24). The van der Waals surface area contributed by atoms with Gasteiger partial charge in [-0.25, -0.2) is 0 Å². The minimum absolute atomic E-state index is 0.153. The molecule has 9 heteroatoms. The molecule has 0 bridgehead atoms. The van der Waals surface area contributed by atoms with Gasteiger partial charge in [0.05, 0.1) is 19.4 Å². The van der Waals surface area contributed by atoms with E-state index in [1.165, 1.54) is 11.8 Å². The van der Waals surface area contributed by atoms with Crippen LogP contribution in [0.5, 0.6) is 5.75 Å². The second-order valence-electron chi connectivity index (χ2n) is 5.39. The maximum absolute atomic E-state index is 12.0. The summed E-state index contributed by atoms with van der Waals surface area (Å²) in [6.07, 6.45) is 0. The Kier molecular flexibility index (Phi) is 6.56. The van der Waals surface area contributed by atoms with Crippen molar-refractivity contribution in [2.75, 3.05) is 23.5 Å². The Bertz CT molecular complexity index is 902. The van der Waals surface area contributed by atoms with Crippen molar-refractivity contribution in [3.63, 3.8) is 0 Å². The van der Waals surface area contributed by atoms with Gasteiger partial charge in [-0.15, -0.1) is 10.2 Å².